The lowest BCUT2D eigenvalue weighted by atomic mass is 9.66. The fraction of sp³-hybridized carbons (Fsp3) is 0.0672. The second-order valence-electron chi connectivity index (χ2n) is 32.7. The fourth-order valence-corrected chi connectivity index (χ4v) is 19.0. The molecule has 0 N–H and O–H groups in total. The van der Waals surface area contributed by atoms with Crippen LogP contribution in [-0.2, 0) is 5.41 Å². The van der Waals surface area contributed by atoms with Gasteiger partial charge in [-0.25, -0.2) is 15.0 Å². The normalized spacial score (nSPS) is 15.9. The lowest BCUT2D eigenvalue weighted by Crippen LogP contribution is -2.37. The summed E-state index contributed by atoms with van der Waals surface area (Å²) in [6.45, 7) is 2.07. The molecule has 0 saturated heterocycles. The van der Waals surface area contributed by atoms with Crippen LogP contribution in [0.2, 0.25) is 0 Å². The highest BCUT2D eigenvalue weighted by molar-refractivity contribution is 5.98. The van der Waals surface area contributed by atoms with E-state index in [2.05, 4.69) is 467 Å². The SMILES string of the molecule is C\C=C/C=C\C=C\C1(c2ccccc2)c2cc(-c3nc(-c4cccc(-c5cc(-c6ccccc6)cc(-c6ccccc6)c5)c4)nc(-c4cccc(-c5cc(-c6ccccc6)cc(-c6ccccc6)c5)c4)n3)ccc2-n2c3c(c4cc(-c5cc(C6=CCCC=C6)cc(-c6ccccc6)c5)cc1c42)=CC(C1=CC(c2ccccc2)CC(c2ccccc2)=C1)CC=3. The van der Waals surface area contributed by atoms with Crippen LogP contribution in [0.5, 0.6) is 0 Å². The molecule has 3 aliphatic carbocycles. The topological polar surface area (TPSA) is 43.6 Å². The number of nitrogens with zero attached hydrogens (tertiary/aromatic N) is 4. The number of aromatic nitrogens is 4. The van der Waals surface area contributed by atoms with Crippen LogP contribution in [0.4, 0.5) is 0 Å². The average molecular weight is 1570 g/mol. The molecule has 15 aromatic carbocycles. The molecular weight excluding hydrogens is 1490 g/mol. The molecule has 3 unspecified atom stereocenters. The smallest absolute Gasteiger partial charge is 0.164 e. The Morgan fingerprint density at radius 3 is 1.24 bits per heavy atom. The van der Waals surface area contributed by atoms with Crippen LogP contribution in [0.25, 0.3) is 163 Å². The number of fused-ring (bicyclic) bond motifs is 5. The first kappa shape index (κ1) is 75.3. The Morgan fingerprint density at radius 2 is 0.748 bits per heavy atom. The highest BCUT2D eigenvalue weighted by Crippen LogP contribution is 2.53. The molecule has 0 fully saturated rings. The Kier molecular flexibility index (Phi) is 20.3. The van der Waals surface area contributed by atoms with Crippen molar-refractivity contribution in [2.24, 2.45) is 5.92 Å². The molecule has 4 nitrogen and oxygen atoms in total. The maximum absolute atomic E-state index is 5.78. The van der Waals surface area contributed by atoms with E-state index in [0.29, 0.717) is 17.5 Å². The Morgan fingerprint density at radius 1 is 0.333 bits per heavy atom. The maximum atomic E-state index is 5.78. The Labute approximate surface area is 720 Å². The summed E-state index contributed by atoms with van der Waals surface area (Å²) in [4.78, 5) is 17.2. The molecule has 1 aliphatic heterocycles. The molecule has 17 aromatic rings. The average Bonchev–Trinajstić information content (AvgIpc) is 1.52. The second-order valence-corrected chi connectivity index (χ2v) is 32.7. The van der Waals surface area contributed by atoms with Gasteiger partial charge in [0.1, 0.15) is 0 Å². The number of hydrogen-bond donors (Lipinski definition) is 0. The molecule has 0 amide bonds. The number of hydrogen-bond acceptors (Lipinski definition) is 3. The molecule has 21 rings (SSSR count). The quantitative estimate of drug-likeness (QED) is 0.0758. The minimum atomic E-state index is -0.935. The first-order valence-corrected chi connectivity index (χ1v) is 43.1. The predicted octanol–water partition coefficient (Wildman–Crippen LogP) is 29.0. The summed E-state index contributed by atoms with van der Waals surface area (Å²) in [6, 6.07) is 138. The third-order valence-electron chi connectivity index (χ3n) is 25.0. The van der Waals surface area contributed by atoms with Crippen molar-refractivity contribution in [1.82, 2.24) is 19.5 Å². The van der Waals surface area contributed by atoms with Crippen molar-refractivity contribution in [2.75, 3.05) is 0 Å². The standard InChI is InChI=1S/C119H88N4/c1-2-3-4-5-33-62-119(108-56-31-14-32-57-108)111-79-94(59-61-114(111)123-113-60-58-91(105-73-99(85-44-23-10-24-45-85)67-100(74-105)86-46-25-11-26-47-86)77-109(113)110-78-107(80-112(119)115(110)123)106-75-101(87-48-27-12-28-49-87)68-102(76-106)88-50-29-13-30-51-88)118-121-116(92-54-34-52-89(63-92)103-69-95(81-36-15-6-16-37-81)65-96(70-103)82-38-17-7-18-39-82)120-117(122-118)93-55-35-53-90(64-93)104-71-97(83-40-19-8-20-41-83)66-98(72-104)84-42-21-9-22-43-84/h2-12,14-29,31-57,59-66,68-80,91,99H,13,30,58,67H2,1H3/b3-2-,5-4-,62-33+. The van der Waals surface area contributed by atoms with Crippen LogP contribution < -0.4 is 10.6 Å². The van der Waals surface area contributed by atoms with E-state index in [-0.39, 0.29) is 11.8 Å². The second kappa shape index (κ2) is 33.2. The first-order valence-electron chi connectivity index (χ1n) is 43.1. The third-order valence-corrected chi connectivity index (χ3v) is 25.0. The largest absolute Gasteiger partial charge is 0.309 e. The molecule has 584 valence electrons. The van der Waals surface area contributed by atoms with Gasteiger partial charge in [-0.3, -0.25) is 0 Å². The van der Waals surface area contributed by atoms with E-state index in [4.69, 9.17) is 15.0 Å². The zero-order chi connectivity index (χ0) is 82.0. The van der Waals surface area contributed by atoms with Gasteiger partial charge in [0.2, 0.25) is 0 Å². The summed E-state index contributed by atoms with van der Waals surface area (Å²) in [7, 11) is 0. The van der Waals surface area contributed by atoms with Crippen LogP contribution in [0.15, 0.2) is 449 Å². The highest BCUT2D eigenvalue weighted by Gasteiger charge is 2.43. The van der Waals surface area contributed by atoms with E-state index in [1.807, 2.05) is 0 Å². The van der Waals surface area contributed by atoms with Gasteiger partial charge >= 0.3 is 0 Å². The summed E-state index contributed by atoms with van der Waals surface area (Å²) >= 11 is 0. The van der Waals surface area contributed by atoms with Gasteiger partial charge in [0.15, 0.2) is 17.5 Å². The summed E-state index contributed by atoms with van der Waals surface area (Å²) in [6.07, 6.45) is 34.4. The van der Waals surface area contributed by atoms with E-state index in [1.54, 1.807) is 0 Å². The maximum Gasteiger partial charge on any atom is 0.164 e. The van der Waals surface area contributed by atoms with E-state index in [1.165, 1.54) is 71.6 Å². The Balaban J connectivity index is 0.811. The fourth-order valence-electron chi connectivity index (χ4n) is 19.0. The summed E-state index contributed by atoms with van der Waals surface area (Å²) < 4.78 is 2.62. The van der Waals surface area contributed by atoms with Crippen LogP contribution in [-0.4, -0.2) is 19.5 Å². The zero-order valence-corrected chi connectivity index (χ0v) is 68.6. The summed E-state index contributed by atoms with van der Waals surface area (Å²) in [5.41, 5.74) is 33.1. The molecule has 3 atom stereocenters. The summed E-state index contributed by atoms with van der Waals surface area (Å²) in [5.74, 6) is 1.96. The van der Waals surface area contributed by atoms with Gasteiger partial charge in [-0.15, -0.1) is 0 Å². The van der Waals surface area contributed by atoms with E-state index in [9.17, 15) is 0 Å². The van der Waals surface area contributed by atoms with Gasteiger partial charge in [-0.1, -0.05) is 358 Å². The third kappa shape index (κ3) is 14.9. The molecule has 2 aromatic heterocycles. The molecular formula is C119H88N4. The van der Waals surface area contributed by atoms with Gasteiger partial charge < -0.3 is 4.57 Å². The molecule has 0 bridgehead atoms. The van der Waals surface area contributed by atoms with Crippen molar-refractivity contribution >= 4 is 34.2 Å². The van der Waals surface area contributed by atoms with Gasteiger partial charge in [0.25, 0.3) is 0 Å². The van der Waals surface area contributed by atoms with E-state index >= 15 is 0 Å². The van der Waals surface area contributed by atoms with E-state index in [0.717, 1.165) is 137 Å². The van der Waals surface area contributed by atoms with Crippen molar-refractivity contribution in [3.05, 3.63) is 492 Å². The van der Waals surface area contributed by atoms with Crippen molar-refractivity contribution < 1.29 is 0 Å². The monoisotopic (exact) mass is 1570 g/mol. The van der Waals surface area contributed by atoms with Gasteiger partial charge in [0, 0.05) is 44.5 Å². The minimum Gasteiger partial charge on any atom is -0.309 e. The lowest BCUT2D eigenvalue weighted by Gasteiger charge is -2.39. The first-order chi connectivity index (χ1) is 60.9. The van der Waals surface area contributed by atoms with Crippen LogP contribution in [0.1, 0.15) is 71.9 Å². The zero-order valence-electron chi connectivity index (χ0n) is 68.6. The predicted molar refractivity (Wildman–Crippen MR) is 515 cm³/mol. The minimum absolute atomic E-state index is 0.0797. The van der Waals surface area contributed by atoms with E-state index < -0.39 is 5.41 Å². The van der Waals surface area contributed by atoms with Crippen molar-refractivity contribution in [2.45, 2.75) is 43.9 Å². The van der Waals surface area contributed by atoms with Crippen molar-refractivity contribution in [1.29, 1.82) is 0 Å². The molecule has 0 spiro atoms. The lowest BCUT2D eigenvalue weighted by molar-refractivity contribution is 0.748. The van der Waals surface area contributed by atoms with Crippen LogP contribution in [0, 0.1) is 5.92 Å². The van der Waals surface area contributed by atoms with Crippen molar-refractivity contribution in [3.63, 3.8) is 0 Å². The van der Waals surface area contributed by atoms with Gasteiger partial charge in [-0.2, -0.15) is 0 Å². The summed E-state index contributed by atoms with van der Waals surface area (Å²) in [5, 5.41) is 3.63. The van der Waals surface area contributed by atoms with Crippen LogP contribution in [0.3, 0.4) is 0 Å². The molecule has 0 saturated carbocycles. The Bertz CT molecular complexity index is 6950. The van der Waals surface area contributed by atoms with Gasteiger partial charge in [-0.05, 0) is 269 Å². The molecule has 0 radical (unpaired) electrons. The number of benzene rings is 15. The molecule has 4 aliphatic rings. The van der Waals surface area contributed by atoms with Gasteiger partial charge in [0.05, 0.1) is 16.6 Å². The highest BCUT2D eigenvalue weighted by atomic mass is 15.0. The molecule has 3 heterocycles. The Hall–Kier alpha value is -15.2. The number of allylic oxidation sites excluding steroid dienone is 14. The molecule has 4 heteroatoms. The van der Waals surface area contributed by atoms with Crippen molar-refractivity contribution in [3.8, 4) is 129 Å². The number of rotatable bonds is 19. The van der Waals surface area contributed by atoms with Crippen LogP contribution >= 0.6 is 0 Å². The molecule has 123 heavy (non-hydrogen) atoms.